The number of anilines is 2. The molecule has 144 valence electrons. The minimum atomic E-state index is -4.45. The van der Waals surface area contributed by atoms with Crippen molar-refractivity contribution < 1.29 is 22.7 Å². The molecular formula is C19H20F3N3O2. The van der Waals surface area contributed by atoms with E-state index in [1.807, 2.05) is 12.1 Å². The van der Waals surface area contributed by atoms with E-state index >= 15 is 0 Å². The van der Waals surface area contributed by atoms with Crippen molar-refractivity contribution in [3.8, 4) is 0 Å². The third-order valence-corrected chi connectivity index (χ3v) is 4.17. The van der Waals surface area contributed by atoms with Gasteiger partial charge in [0.15, 0.2) is 0 Å². The van der Waals surface area contributed by atoms with Gasteiger partial charge in [0.25, 0.3) is 0 Å². The van der Waals surface area contributed by atoms with Gasteiger partial charge in [0.05, 0.1) is 18.8 Å². The molecule has 1 aliphatic heterocycles. The summed E-state index contributed by atoms with van der Waals surface area (Å²) in [5.74, 6) is 0. The maximum atomic E-state index is 12.7. The fourth-order valence-electron chi connectivity index (χ4n) is 2.78. The van der Waals surface area contributed by atoms with Crippen LogP contribution in [0.5, 0.6) is 0 Å². The summed E-state index contributed by atoms with van der Waals surface area (Å²) < 4.78 is 43.5. The second kappa shape index (κ2) is 8.41. The van der Waals surface area contributed by atoms with Crippen LogP contribution in [0.25, 0.3) is 0 Å². The summed E-state index contributed by atoms with van der Waals surface area (Å²) in [7, 11) is 0. The Bertz CT molecular complexity index is 773. The first kappa shape index (κ1) is 19.2. The van der Waals surface area contributed by atoms with Gasteiger partial charge in [-0.1, -0.05) is 18.2 Å². The normalized spacial score (nSPS) is 15.4. The third-order valence-electron chi connectivity index (χ3n) is 4.17. The lowest BCUT2D eigenvalue weighted by molar-refractivity contribution is -0.137. The summed E-state index contributed by atoms with van der Waals surface area (Å²) in [6.45, 7) is 4.05. The quantitative estimate of drug-likeness (QED) is 0.838. The number of ether oxygens (including phenoxy) is 1. The average molecular weight is 379 g/mol. The van der Waals surface area contributed by atoms with Gasteiger partial charge in [-0.25, -0.2) is 4.79 Å². The van der Waals surface area contributed by atoms with E-state index < -0.39 is 17.8 Å². The lowest BCUT2D eigenvalue weighted by Gasteiger charge is -2.26. The highest BCUT2D eigenvalue weighted by molar-refractivity contribution is 5.99. The van der Waals surface area contributed by atoms with Gasteiger partial charge in [-0.05, 0) is 35.9 Å². The summed E-state index contributed by atoms with van der Waals surface area (Å²) in [6.07, 6.45) is -4.45. The minimum Gasteiger partial charge on any atom is -0.379 e. The molecule has 2 amide bonds. The number of rotatable bonds is 4. The van der Waals surface area contributed by atoms with Crippen LogP contribution < -0.4 is 10.6 Å². The van der Waals surface area contributed by atoms with Crippen molar-refractivity contribution in [2.45, 2.75) is 12.7 Å². The van der Waals surface area contributed by atoms with Crippen molar-refractivity contribution in [1.29, 1.82) is 0 Å². The fraction of sp³-hybridized carbons (Fsp3) is 0.316. The number of halogens is 3. The Labute approximate surface area is 155 Å². The smallest absolute Gasteiger partial charge is 0.379 e. The largest absolute Gasteiger partial charge is 0.416 e. The van der Waals surface area contributed by atoms with Crippen LogP contribution in [0.1, 0.15) is 11.1 Å². The maximum absolute atomic E-state index is 12.7. The topological polar surface area (TPSA) is 53.6 Å². The SMILES string of the molecule is O=C(Nc1ccc(CN2CCOCC2)cc1)Nc1cccc(C(F)(F)F)c1. The molecule has 0 bridgehead atoms. The molecule has 0 aliphatic carbocycles. The Balaban J connectivity index is 1.55. The van der Waals surface area contributed by atoms with E-state index in [1.54, 1.807) is 12.1 Å². The van der Waals surface area contributed by atoms with Gasteiger partial charge in [0, 0.05) is 31.0 Å². The number of carbonyl (C=O) groups is 1. The van der Waals surface area contributed by atoms with Crippen LogP contribution in [0, 0.1) is 0 Å². The molecule has 0 aromatic heterocycles. The average Bonchev–Trinajstić information content (AvgIpc) is 2.64. The molecule has 5 nitrogen and oxygen atoms in total. The molecule has 0 atom stereocenters. The van der Waals surface area contributed by atoms with Crippen molar-refractivity contribution in [2.24, 2.45) is 0 Å². The predicted octanol–water partition coefficient (Wildman–Crippen LogP) is 4.18. The standard InChI is InChI=1S/C19H20F3N3O2/c20-19(21,22)15-2-1-3-17(12-15)24-18(26)23-16-6-4-14(5-7-16)13-25-8-10-27-11-9-25/h1-7,12H,8-11,13H2,(H2,23,24,26). The Kier molecular flexibility index (Phi) is 5.98. The third kappa shape index (κ3) is 5.70. The number of benzene rings is 2. The predicted molar refractivity (Wildman–Crippen MR) is 96.6 cm³/mol. The Morgan fingerprint density at radius 3 is 2.33 bits per heavy atom. The number of morpholine rings is 1. The van der Waals surface area contributed by atoms with Gasteiger partial charge < -0.3 is 15.4 Å². The van der Waals surface area contributed by atoms with Crippen LogP contribution in [0.2, 0.25) is 0 Å². The number of amides is 2. The highest BCUT2D eigenvalue weighted by Gasteiger charge is 2.30. The molecule has 2 N–H and O–H groups in total. The van der Waals surface area contributed by atoms with Crippen LogP contribution in [-0.2, 0) is 17.5 Å². The number of alkyl halides is 3. The van der Waals surface area contributed by atoms with Gasteiger partial charge in [0.1, 0.15) is 0 Å². The van der Waals surface area contributed by atoms with E-state index in [4.69, 9.17) is 4.74 Å². The van der Waals surface area contributed by atoms with E-state index in [1.165, 1.54) is 12.1 Å². The molecule has 27 heavy (non-hydrogen) atoms. The monoisotopic (exact) mass is 379 g/mol. The summed E-state index contributed by atoms with van der Waals surface area (Å²) in [5.41, 5.74) is 0.935. The van der Waals surface area contributed by atoms with Crippen LogP contribution >= 0.6 is 0 Å². The summed E-state index contributed by atoms with van der Waals surface area (Å²) in [4.78, 5) is 14.3. The zero-order chi connectivity index (χ0) is 19.3. The number of hydrogen-bond acceptors (Lipinski definition) is 3. The van der Waals surface area contributed by atoms with Gasteiger partial charge in [0.2, 0.25) is 0 Å². The Morgan fingerprint density at radius 2 is 1.67 bits per heavy atom. The summed E-state index contributed by atoms with van der Waals surface area (Å²) in [6, 6.07) is 11.3. The molecule has 2 aromatic rings. The minimum absolute atomic E-state index is 0.0752. The van der Waals surface area contributed by atoms with Crippen LogP contribution in [-0.4, -0.2) is 37.2 Å². The van der Waals surface area contributed by atoms with Crippen molar-refractivity contribution in [3.05, 3.63) is 59.7 Å². The molecular weight excluding hydrogens is 359 g/mol. The van der Waals surface area contributed by atoms with Crippen molar-refractivity contribution in [3.63, 3.8) is 0 Å². The Hall–Kier alpha value is -2.58. The number of carbonyl (C=O) groups excluding carboxylic acids is 1. The second-order valence-electron chi connectivity index (χ2n) is 6.24. The molecule has 0 unspecified atom stereocenters. The van der Waals surface area contributed by atoms with Crippen LogP contribution in [0.3, 0.4) is 0 Å². The zero-order valence-electron chi connectivity index (χ0n) is 14.6. The zero-order valence-corrected chi connectivity index (χ0v) is 14.6. The lowest BCUT2D eigenvalue weighted by Crippen LogP contribution is -2.35. The number of hydrogen-bond donors (Lipinski definition) is 2. The number of nitrogens with zero attached hydrogens (tertiary/aromatic N) is 1. The lowest BCUT2D eigenvalue weighted by atomic mass is 10.2. The highest BCUT2D eigenvalue weighted by atomic mass is 19.4. The number of urea groups is 1. The van der Waals surface area contributed by atoms with E-state index in [0.29, 0.717) is 5.69 Å². The van der Waals surface area contributed by atoms with E-state index in [2.05, 4.69) is 15.5 Å². The molecule has 1 aliphatic rings. The van der Waals surface area contributed by atoms with Crippen molar-refractivity contribution in [1.82, 2.24) is 4.90 Å². The van der Waals surface area contributed by atoms with E-state index in [9.17, 15) is 18.0 Å². The van der Waals surface area contributed by atoms with Crippen LogP contribution in [0.15, 0.2) is 48.5 Å². The van der Waals surface area contributed by atoms with Crippen molar-refractivity contribution >= 4 is 17.4 Å². The molecule has 1 saturated heterocycles. The van der Waals surface area contributed by atoms with Crippen LogP contribution in [0.4, 0.5) is 29.3 Å². The molecule has 8 heteroatoms. The molecule has 1 fully saturated rings. The van der Waals surface area contributed by atoms with Gasteiger partial charge in [-0.3, -0.25) is 4.90 Å². The molecule has 3 rings (SSSR count). The van der Waals surface area contributed by atoms with E-state index in [-0.39, 0.29) is 5.69 Å². The van der Waals surface area contributed by atoms with Gasteiger partial charge in [-0.2, -0.15) is 13.2 Å². The Morgan fingerprint density at radius 1 is 1.00 bits per heavy atom. The van der Waals surface area contributed by atoms with Gasteiger partial charge >= 0.3 is 12.2 Å². The highest BCUT2D eigenvalue weighted by Crippen LogP contribution is 2.30. The first-order valence-corrected chi connectivity index (χ1v) is 8.54. The summed E-state index contributed by atoms with van der Waals surface area (Å²) in [5, 5.41) is 5.03. The first-order chi connectivity index (χ1) is 12.9. The fourth-order valence-corrected chi connectivity index (χ4v) is 2.78. The molecule has 0 radical (unpaired) electrons. The van der Waals surface area contributed by atoms with Gasteiger partial charge in [-0.15, -0.1) is 0 Å². The van der Waals surface area contributed by atoms with Crippen molar-refractivity contribution in [2.75, 3.05) is 36.9 Å². The molecule has 2 aromatic carbocycles. The number of nitrogens with one attached hydrogen (secondary N) is 2. The first-order valence-electron chi connectivity index (χ1n) is 8.54. The molecule has 1 heterocycles. The van der Waals surface area contributed by atoms with E-state index in [0.717, 1.165) is 50.5 Å². The summed E-state index contributed by atoms with van der Waals surface area (Å²) >= 11 is 0. The molecule has 0 spiro atoms. The molecule has 0 saturated carbocycles. The maximum Gasteiger partial charge on any atom is 0.416 e. The second-order valence-corrected chi connectivity index (χ2v) is 6.24.